The lowest BCUT2D eigenvalue weighted by atomic mass is 9.96. The third-order valence-corrected chi connectivity index (χ3v) is 4.90. The molecule has 4 nitrogen and oxygen atoms in total. The van der Waals surface area contributed by atoms with E-state index in [0.717, 1.165) is 6.07 Å². The summed E-state index contributed by atoms with van der Waals surface area (Å²) in [7, 11) is 0. The molecule has 8 heteroatoms. The van der Waals surface area contributed by atoms with Gasteiger partial charge in [0.1, 0.15) is 11.5 Å². The predicted octanol–water partition coefficient (Wildman–Crippen LogP) is 6.53. The normalized spacial score (nSPS) is 11.7. The van der Waals surface area contributed by atoms with Gasteiger partial charge in [0.05, 0.1) is 23.8 Å². The number of rotatable bonds is 7. The van der Waals surface area contributed by atoms with E-state index in [0.29, 0.717) is 40.1 Å². The summed E-state index contributed by atoms with van der Waals surface area (Å²) in [5.74, 6) is 0.955. The first-order chi connectivity index (χ1) is 15.0. The Hall–Kier alpha value is -3.42. The zero-order valence-electron chi connectivity index (χ0n) is 16.3. The summed E-state index contributed by atoms with van der Waals surface area (Å²) < 4.78 is 58.8. The molecule has 0 fully saturated rings. The van der Waals surface area contributed by atoms with E-state index in [-0.39, 0.29) is 18.4 Å². The van der Waals surface area contributed by atoms with Crippen molar-refractivity contribution in [2.24, 2.45) is 0 Å². The monoisotopic (exact) mass is 428 g/mol. The number of hydrogen-bond acceptors (Lipinski definition) is 3. The van der Waals surface area contributed by atoms with Crippen molar-refractivity contribution in [3.63, 3.8) is 0 Å². The lowest BCUT2D eigenvalue weighted by Gasteiger charge is -2.15. The predicted molar refractivity (Wildman–Crippen MR) is 109 cm³/mol. The van der Waals surface area contributed by atoms with Crippen LogP contribution in [0.5, 0.6) is 11.5 Å². The van der Waals surface area contributed by atoms with Gasteiger partial charge in [-0.05, 0) is 60.2 Å². The topological polar surface area (TPSA) is 50.8 Å². The molecule has 31 heavy (non-hydrogen) atoms. The molecule has 2 aromatic carbocycles. The number of aryl methyl sites for hydroxylation is 1. The first-order valence-corrected chi connectivity index (χ1v) is 9.70. The van der Waals surface area contributed by atoms with Gasteiger partial charge in [-0.15, -0.1) is 0 Å². The molecular formula is C23H18F4N3O. The summed E-state index contributed by atoms with van der Waals surface area (Å²) in [5, 5.41) is 7.39. The minimum absolute atomic E-state index is 0.176. The van der Waals surface area contributed by atoms with Crippen LogP contribution in [0.15, 0.2) is 54.9 Å². The fraction of sp³-hybridized carbons (Fsp3) is 0.217. The van der Waals surface area contributed by atoms with Crippen molar-refractivity contribution in [1.29, 1.82) is 0 Å². The van der Waals surface area contributed by atoms with Crippen LogP contribution in [0.25, 0.3) is 22.2 Å². The van der Waals surface area contributed by atoms with Crippen molar-refractivity contribution < 1.29 is 22.3 Å². The average molecular weight is 428 g/mol. The smallest absolute Gasteiger partial charge is 0.416 e. The second kappa shape index (κ2) is 8.75. The van der Waals surface area contributed by atoms with Gasteiger partial charge in [-0.2, -0.15) is 18.3 Å². The molecule has 0 spiro atoms. The van der Waals surface area contributed by atoms with E-state index in [1.165, 1.54) is 6.07 Å². The molecule has 1 radical (unpaired) electrons. The number of H-pyrrole nitrogens is 1. The van der Waals surface area contributed by atoms with Crippen molar-refractivity contribution in [3.05, 3.63) is 72.1 Å². The molecule has 4 aromatic rings. The van der Waals surface area contributed by atoms with Crippen LogP contribution in [0.4, 0.5) is 17.6 Å². The van der Waals surface area contributed by atoms with Crippen molar-refractivity contribution in [1.82, 2.24) is 15.2 Å². The van der Waals surface area contributed by atoms with Crippen molar-refractivity contribution in [2.45, 2.75) is 25.4 Å². The second-order valence-electron chi connectivity index (χ2n) is 7.00. The quantitative estimate of drug-likeness (QED) is 0.269. The molecule has 1 N–H and O–H groups in total. The Labute approximate surface area is 175 Å². The molecule has 0 aliphatic heterocycles. The fourth-order valence-corrected chi connectivity index (χ4v) is 3.34. The van der Waals surface area contributed by atoms with Crippen molar-refractivity contribution >= 4 is 11.0 Å². The zero-order chi connectivity index (χ0) is 21.8. The fourth-order valence-electron chi connectivity index (χ4n) is 3.34. The Morgan fingerprint density at radius 1 is 1.03 bits per heavy atom. The SMILES string of the molecule is FCCCCc1ccc(-c2c[c]c(Oc3ccnc4[nH]ncc34)cc2)cc1C(F)(F)F. The van der Waals surface area contributed by atoms with E-state index < -0.39 is 18.4 Å². The van der Waals surface area contributed by atoms with E-state index in [1.807, 2.05) is 0 Å². The number of ether oxygens (including phenoxy) is 1. The van der Waals surface area contributed by atoms with Gasteiger partial charge < -0.3 is 4.74 Å². The molecule has 0 atom stereocenters. The number of pyridine rings is 1. The van der Waals surface area contributed by atoms with Crippen LogP contribution in [0.2, 0.25) is 0 Å². The highest BCUT2D eigenvalue weighted by Crippen LogP contribution is 2.36. The average Bonchev–Trinajstić information content (AvgIpc) is 3.24. The first kappa shape index (κ1) is 20.8. The molecular weight excluding hydrogens is 410 g/mol. The number of aromatic nitrogens is 3. The van der Waals surface area contributed by atoms with Gasteiger partial charge in [-0.1, -0.05) is 18.2 Å². The van der Waals surface area contributed by atoms with Gasteiger partial charge in [-0.25, -0.2) is 4.98 Å². The van der Waals surface area contributed by atoms with E-state index in [2.05, 4.69) is 21.2 Å². The maximum atomic E-state index is 13.5. The highest BCUT2D eigenvalue weighted by Gasteiger charge is 2.33. The molecule has 0 saturated heterocycles. The number of nitrogens with one attached hydrogen (secondary N) is 1. The molecule has 2 heterocycles. The molecule has 0 unspecified atom stereocenters. The number of hydrogen-bond donors (Lipinski definition) is 1. The maximum Gasteiger partial charge on any atom is 0.416 e. The van der Waals surface area contributed by atoms with Crippen LogP contribution in [0.3, 0.4) is 0 Å². The van der Waals surface area contributed by atoms with Crippen LogP contribution in [0.1, 0.15) is 24.0 Å². The van der Waals surface area contributed by atoms with Crippen molar-refractivity contribution in [2.75, 3.05) is 6.67 Å². The van der Waals surface area contributed by atoms with Crippen LogP contribution < -0.4 is 4.74 Å². The number of unbranched alkanes of at least 4 members (excludes halogenated alkanes) is 1. The second-order valence-corrected chi connectivity index (χ2v) is 7.00. The molecule has 0 amide bonds. The third kappa shape index (κ3) is 4.68. The Morgan fingerprint density at radius 3 is 2.61 bits per heavy atom. The van der Waals surface area contributed by atoms with Gasteiger partial charge in [0.2, 0.25) is 0 Å². The summed E-state index contributed by atoms with van der Waals surface area (Å²) in [4.78, 5) is 4.14. The van der Waals surface area contributed by atoms with E-state index in [9.17, 15) is 17.6 Å². The Balaban J connectivity index is 1.57. The van der Waals surface area contributed by atoms with Crippen LogP contribution in [-0.2, 0) is 12.6 Å². The Bertz CT molecular complexity index is 1170. The number of alkyl halides is 4. The van der Waals surface area contributed by atoms with Crippen LogP contribution in [-0.4, -0.2) is 21.9 Å². The van der Waals surface area contributed by atoms with Crippen molar-refractivity contribution in [3.8, 4) is 22.6 Å². The van der Waals surface area contributed by atoms with Crippen LogP contribution >= 0.6 is 0 Å². The third-order valence-electron chi connectivity index (χ3n) is 4.90. The van der Waals surface area contributed by atoms with Gasteiger partial charge in [0, 0.05) is 12.3 Å². The lowest BCUT2D eigenvalue weighted by Crippen LogP contribution is -2.09. The Kier molecular flexibility index (Phi) is 5.88. The standard InChI is InChI=1S/C23H18F4N3O/c24-11-2-1-3-16-4-5-17(13-20(16)23(25,26)27)15-6-8-18(9-7-15)31-21-10-12-28-22-19(21)14-29-30-22/h4-8,10,12-14H,1-3,11H2,(H,28,29,30). The molecule has 4 rings (SSSR count). The lowest BCUT2D eigenvalue weighted by molar-refractivity contribution is -0.138. The molecule has 2 aromatic heterocycles. The number of nitrogens with zero attached hydrogens (tertiary/aromatic N) is 2. The maximum absolute atomic E-state index is 13.5. The molecule has 0 saturated carbocycles. The molecule has 0 bridgehead atoms. The number of aromatic amines is 1. The minimum Gasteiger partial charge on any atom is -0.456 e. The summed E-state index contributed by atoms with van der Waals surface area (Å²) in [6, 6.07) is 13.8. The first-order valence-electron chi connectivity index (χ1n) is 9.70. The van der Waals surface area contributed by atoms with E-state index in [1.54, 1.807) is 42.7 Å². The van der Waals surface area contributed by atoms with Crippen LogP contribution in [0, 0.1) is 6.07 Å². The summed E-state index contributed by atoms with van der Waals surface area (Å²) >= 11 is 0. The Morgan fingerprint density at radius 2 is 1.87 bits per heavy atom. The molecule has 0 aliphatic rings. The van der Waals surface area contributed by atoms with Gasteiger partial charge in [0.15, 0.2) is 5.65 Å². The summed E-state index contributed by atoms with van der Waals surface area (Å²) in [5.41, 5.74) is 1.07. The largest absolute Gasteiger partial charge is 0.456 e. The minimum atomic E-state index is -4.48. The van der Waals surface area contributed by atoms with Gasteiger partial charge >= 0.3 is 6.18 Å². The summed E-state index contributed by atoms with van der Waals surface area (Å²) in [6.45, 7) is -0.532. The van der Waals surface area contributed by atoms with Gasteiger partial charge in [0.25, 0.3) is 0 Å². The van der Waals surface area contributed by atoms with E-state index in [4.69, 9.17) is 4.74 Å². The van der Waals surface area contributed by atoms with Gasteiger partial charge in [-0.3, -0.25) is 9.49 Å². The zero-order valence-corrected chi connectivity index (χ0v) is 16.3. The number of halogens is 4. The van der Waals surface area contributed by atoms with E-state index >= 15 is 0 Å². The number of benzene rings is 2. The number of fused-ring (bicyclic) bond motifs is 1. The highest BCUT2D eigenvalue weighted by atomic mass is 19.4. The highest BCUT2D eigenvalue weighted by molar-refractivity contribution is 5.81. The summed E-state index contributed by atoms with van der Waals surface area (Å²) in [6.07, 6.45) is -0.495. The molecule has 159 valence electrons. The molecule has 0 aliphatic carbocycles.